The summed E-state index contributed by atoms with van der Waals surface area (Å²) in [6, 6.07) is 13.2. The van der Waals surface area contributed by atoms with E-state index >= 15 is 0 Å². The summed E-state index contributed by atoms with van der Waals surface area (Å²) in [7, 11) is 0. The predicted molar refractivity (Wildman–Crippen MR) is 107 cm³/mol. The van der Waals surface area contributed by atoms with Crippen LogP contribution in [0.15, 0.2) is 47.0 Å². The van der Waals surface area contributed by atoms with Gasteiger partial charge in [-0.15, -0.1) is 0 Å². The number of halogens is 1. The van der Waals surface area contributed by atoms with Crippen molar-refractivity contribution >= 4 is 17.5 Å². The fourth-order valence-electron chi connectivity index (χ4n) is 2.69. The molecule has 3 rings (SSSR count). The Kier molecular flexibility index (Phi) is 6.31. The lowest BCUT2D eigenvalue weighted by atomic mass is 10.0. The first-order valence-corrected chi connectivity index (χ1v) is 9.39. The van der Waals surface area contributed by atoms with E-state index in [0.717, 1.165) is 16.9 Å². The van der Waals surface area contributed by atoms with E-state index in [1.165, 1.54) is 0 Å². The highest BCUT2D eigenvalue weighted by atomic mass is 35.5. The molecule has 0 radical (unpaired) electrons. The molecule has 1 N–H and O–H groups in total. The number of rotatable bonds is 7. The molecule has 7 heteroatoms. The summed E-state index contributed by atoms with van der Waals surface area (Å²) in [5.41, 5.74) is 2.83. The first-order valence-electron chi connectivity index (χ1n) is 9.01. The highest BCUT2D eigenvalue weighted by Crippen LogP contribution is 2.27. The van der Waals surface area contributed by atoms with E-state index < -0.39 is 0 Å². The minimum atomic E-state index is -0.270. The van der Waals surface area contributed by atoms with E-state index in [2.05, 4.69) is 29.3 Å². The molecule has 28 heavy (non-hydrogen) atoms. The number of amides is 1. The van der Waals surface area contributed by atoms with Gasteiger partial charge >= 0.3 is 0 Å². The lowest BCUT2D eigenvalue weighted by molar-refractivity contribution is -0.123. The zero-order valence-corrected chi connectivity index (χ0v) is 16.8. The summed E-state index contributed by atoms with van der Waals surface area (Å²) in [6.07, 6.45) is 0. The number of aromatic nitrogens is 2. The average molecular weight is 400 g/mol. The molecular formula is C21H22ClN3O3. The second-order valence-electron chi connectivity index (χ2n) is 6.75. The minimum absolute atomic E-state index is 0.0886. The molecule has 0 aliphatic rings. The van der Waals surface area contributed by atoms with Gasteiger partial charge in [0.25, 0.3) is 5.91 Å². The van der Waals surface area contributed by atoms with Gasteiger partial charge in [0.05, 0.1) is 11.6 Å². The zero-order chi connectivity index (χ0) is 20.1. The van der Waals surface area contributed by atoms with Crippen molar-refractivity contribution in [2.75, 3.05) is 6.61 Å². The normalized spacial score (nSPS) is 10.9. The van der Waals surface area contributed by atoms with E-state index in [9.17, 15) is 4.79 Å². The molecule has 1 amide bonds. The molecule has 6 nitrogen and oxygen atoms in total. The maximum absolute atomic E-state index is 12.1. The van der Waals surface area contributed by atoms with Crippen LogP contribution in [0, 0.1) is 6.92 Å². The highest BCUT2D eigenvalue weighted by Gasteiger charge is 2.13. The third-order valence-corrected chi connectivity index (χ3v) is 4.50. The third-order valence-electron chi connectivity index (χ3n) is 4.17. The van der Waals surface area contributed by atoms with Crippen LogP contribution in [-0.2, 0) is 11.3 Å². The van der Waals surface area contributed by atoms with E-state index in [1.807, 2.05) is 37.3 Å². The lowest BCUT2D eigenvalue weighted by Crippen LogP contribution is -2.28. The Bertz CT molecular complexity index is 969. The first-order chi connectivity index (χ1) is 13.4. The Morgan fingerprint density at radius 2 is 2.04 bits per heavy atom. The first kappa shape index (κ1) is 19.9. The van der Waals surface area contributed by atoms with Crippen LogP contribution in [0.1, 0.15) is 36.8 Å². The van der Waals surface area contributed by atoms with Gasteiger partial charge in [-0.3, -0.25) is 4.79 Å². The van der Waals surface area contributed by atoms with Crippen molar-refractivity contribution in [3.63, 3.8) is 0 Å². The van der Waals surface area contributed by atoms with Gasteiger partial charge in [0.15, 0.2) is 6.61 Å². The van der Waals surface area contributed by atoms with Gasteiger partial charge in [-0.25, -0.2) is 0 Å². The second kappa shape index (κ2) is 8.89. The third kappa shape index (κ3) is 4.89. The van der Waals surface area contributed by atoms with Gasteiger partial charge in [-0.05, 0) is 42.2 Å². The largest absolute Gasteiger partial charge is 0.483 e. The molecule has 146 valence electrons. The Morgan fingerprint density at radius 1 is 1.25 bits per heavy atom. The summed E-state index contributed by atoms with van der Waals surface area (Å²) in [5.74, 6) is 1.44. The number of hydrogen-bond donors (Lipinski definition) is 1. The molecule has 0 atom stereocenters. The smallest absolute Gasteiger partial charge is 0.258 e. The van der Waals surface area contributed by atoms with Gasteiger partial charge < -0.3 is 14.6 Å². The average Bonchev–Trinajstić information content (AvgIpc) is 3.13. The maximum atomic E-state index is 12.1. The molecule has 0 fully saturated rings. The molecule has 0 aliphatic carbocycles. The number of aryl methyl sites for hydroxylation is 1. The molecule has 0 bridgehead atoms. The number of benzene rings is 2. The Labute approximate surface area is 168 Å². The molecule has 2 aromatic carbocycles. The van der Waals surface area contributed by atoms with Gasteiger partial charge in [-0.2, -0.15) is 4.98 Å². The standard InChI is InChI=1S/C21H22ClN3O3/c1-13(2)15-9-8-14(3)10-18(15)27-12-19(26)23-11-20-24-21(25-28-20)16-6-4-5-7-17(16)22/h4-10,13H,11-12H2,1-3H3,(H,23,26). The van der Waals surface area contributed by atoms with Crippen LogP contribution in [0.25, 0.3) is 11.4 Å². The Balaban J connectivity index is 1.56. The van der Waals surface area contributed by atoms with Gasteiger partial charge in [-0.1, -0.05) is 54.9 Å². The van der Waals surface area contributed by atoms with Gasteiger partial charge in [0.2, 0.25) is 11.7 Å². The molecule has 0 saturated carbocycles. The van der Waals surface area contributed by atoms with Crippen molar-refractivity contribution in [1.82, 2.24) is 15.5 Å². The fraction of sp³-hybridized carbons (Fsp3) is 0.286. The van der Waals surface area contributed by atoms with Crippen molar-refractivity contribution < 1.29 is 14.1 Å². The van der Waals surface area contributed by atoms with Crippen molar-refractivity contribution in [1.29, 1.82) is 0 Å². The molecule has 0 spiro atoms. The molecule has 1 aromatic heterocycles. The fourth-order valence-corrected chi connectivity index (χ4v) is 2.91. The SMILES string of the molecule is Cc1ccc(C(C)C)c(OCC(=O)NCc2nc(-c3ccccc3Cl)no2)c1. The van der Waals surface area contributed by atoms with Crippen LogP contribution in [0.4, 0.5) is 0 Å². The summed E-state index contributed by atoms with van der Waals surface area (Å²) < 4.78 is 10.9. The molecular weight excluding hydrogens is 378 g/mol. The number of hydrogen-bond acceptors (Lipinski definition) is 5. The quantitative estimate of drug-likeness (QED) is 0.632. The zero-order valence-electron chi connectivity index (χ0n) is 16.0. The molecule has 0 saturated heterocycles. The summed E-state index contributed by atoms with van der Waals surface area (Å²) in [5, 5.41) is 7.16. The minimum Gasteiger partial charge on any atom is -0.483 e. The van der Waals surface area contributed by atoms with Crippen LogP contribution in [-0.4, -0.2) is 22.7 Å². The van der Waals surface area contributed by atoms with Crippen LogP contribution in [0.2, 0.25) is 5.02 Å². The second-order valence-corrected chi connectivity index (χ2v) is 7.16. The molecule has 1 heterocycles. The van der Waals surface area contributed by atoms with Crippen LogP contribution < -0.4 is 10.1 Å². The molecule has 0 unspecified atom stereocenters. The van der Waals surface area contributed by atoms with Gasteiger partial charge in [0.1, 0.15) is 5.75 Å². The Hall–Kier alpha value is -2.86. The number of carbonyl (C=O) groups excluding carboxylic acids is 1. The number of carbonyl (C=O) groups is 1. The van der Waals surface area contributed by atoms with Crippen molar-refractivity contribution in [3.8, 4) is 17.1 Å². The van der Waals surface area contributed by atoms with Crippen LogP contribution in [0.3, 0.4) is 0 Å². The van der Waals surface area contributed by atoms with Crippen LogP contribution >= 0.6 is 11.6 Å². The maximum Gasteiger partial charge on any atom is 0.258 e. The molecule has 0 aliphatic heterocycles. The van der Waals surface area contributed by atoms with Crippen molar-refractivity contribution in [3.05, 3.63) is 64.5 Å². The number of nitrogens with one attached hydrogen (secondary N) is 1. The van der Waals surface area contributed by atoms with E-state index in [-0.39, 0.29) is 19.1 Å². The highest BCUT2D eigenvalue weighted by molar-refractivity contribution is 6.33. The number of ether oxygens (including phenoxy) is 1. The van der Waals surface area contributed by atoms with E-state index in [4.69, 9.17) is 20.9 Å². The summed E-state index contributed by atoms with van der Waals surface area (Å²) in [6.45, 7) is 6.19. The van der Waals surface area contributed by atoms with E-state index in [0.29, 0.717) is 28.2 Å². The predicted octanol–water partition coefficient (Wildman–Crippen LogP) is 4.52. The van der Waals surface area contributed by atoms with Gasteiger partial charge in [0, 0.05) is 5.56 Å². The summed E-state index contributed by atoms with van der Waals surface area (Å²) >= 11 is 6.13. The summed E-state index contributed by atoms with van der Waals surface area (Å²) in [4.78, 5) is 16.4. The lowest BCUT2D eigenvalue weighted by Gasteiger charge is -2.14. The number of nitrogens with zero attached hydrogens (tertiary/aromatic N) is 2. The molecule has 3 aromatic rings. The van der Waals surface area contributed by atoms with Crippen molar-refractivity contribution in [2.45, 2.75) is 33.2 Å². The Morgan fingerprint density at radius 3 is 2.79 bits per heavy atom. The monoisotopic (exact) mass is 399 g/mol. The van der Waals surface area contributed by atoms with Crippen LogP contribution in [0.5, 0.6) is 5.75 Å². The van der Waals surface area contributed by atoms with E-state index in [1.54, 1.807) is 12.1 Å². The topological polar surface area (TPSA) is 77.2 Å². The van der Waals surface area contributed by atoms with Crippen molar-refractivity contribution in [2.24, 2.45) is 0 Å².